The van der Waals surface area contributed by atoms with Crippen molar-refractivity contribution in [3.63, 3.8) is 0 Å². The lowest BCUT2D eigenvalue weighted by Crippen LogP contribution is -2.35. The van der Waals surface area contributed by atoms with Crippen LogP contribution < -0.4 is 10.0 Å². The largest absolute Gasteiger partial charge is 0.308 e. The van der Waals surface area contributed by atoms with Crippen molar-refractivity contribution in [3.05, 3.63) is 29.6 Å². The fourth-order valence-electron chi connectivity index (χ4n) is 1.53. The Morgan fingerprint density at radius 1 is 1.25 bits per heavy atom. The highest BCUT2D eigenvalue weighted by atomic mass is 32.2. The van der Waals surface area contributed by atoms with Gasteiger partial charge in [0, 0.05) is 24.2 Å². The Bertz CT molecular complexity index is 551. The molecule has 0 atom stereocenters. The summed E-state index contributed by atoms with van der Waals surface area (Å²) in [6, 6.07) is 3.86. The third-order valence-corrected chi connectivity index (χ3v) is 4.14. The third kappa shape index (κ3) is 5.19. The van der Waals surface area contributed by atoms with Crippen LogP contribution in [0.15, 0.2) is 23.1 Å². The van der Waals surface area contributed by atoms with Crippen LogP contribution in [0.1, 0.15) is 39.7 Å². The van der Waals surface area contributed by atoms with Gasteiger partial charge in [-0.15, -0.1) is 0 Å². The van der Waals surface area contributed by atoms with Gasteiger partial charge in [0.15, 0.2) is 0 Å². The number of hydrogen-bond acceptors (Lipinski definition) is 3. The van der Waals surface area contributed by atoms with Gasteiger partial charge in [-0.1, -0.05) is 6.92 Å². The van der Waals surface area contributed by atoms with E-state index in [-0.39, 0.29) is 17.0 Å². The summed E-state index contributed by atoms with van der Waals surface area (Å²) in [5.74, 6) is -0.406. The molecule has 0 saturated carbocycles. The molecule has 0 heterocycles. The monoisotopic (exact) mass is 302 g/mol. The molecule has 0 aliphatic carbocycles. The molecule has 0 unspecified atom stereocenters. The Morgan fingerprint density at radius 2 is 1.90 bits per heavy atom. The first-order valence-corrected chi connectivity index (χ1v) is 8.17. The first-order chi connectivity index (χ1) is 9.15. The highest BCUT2D eigenvalue weighted by Crippen LogP contribution is 2.16. The van der Waals surface area contributed by atoms with Crippen LogP contribution in [0.4, 0.5) is 4.39 Å². The molecule has 0 fully saturated rings. The molecule has 1 rings (SSSR count). The highest BCUT2D eigenvalue weighted by molar-refractivity contribution is 7.89. The summed E-state index contributed by atoms with van der Waals surface area (Å²) in [5.41, 5.74) is 0.182. The topological polar surface area (TPSA) is 58.2 Å². The number of nitrogens with one attached hydrogen (secondary N) is 2. The second kappa shape index (κ2) is 6.65. The Balaban J connectivity index is 2.96. The second-order valence-electron chi connectivity index (χ2n) is 5.75. The van der Waals surface area contributed by atoms with E-state index in [0.717, 1.165) is 0 Å². The molecular weight excluding hydrogens is 279 g/mol. The lowest BCUT2D eigenvalue weighted by atomic mass is 10.1. The Hall–Kier alpha value is -0.980. The lowest BCUT2D eigenvalue weighted by molar-refractivity contribution is 0.418. The standard InChI is InChI=1S/C14H23FN2O2S/c1-5-8-17-20(18,19)12-6-7-13(15)11(9-12)10-16-14(2,3)4/h6-7,9,16-17H,5,8,10H2,1-4H3. The molecule has 1 aromatic carbocycles. The van der Waals surface area contributed by atoms with Gasteiger partial charge < -0.3 is 5.32 Å². The predicted octanol–water partition coefficient (Wildman–Crippen LogP) is 2.40. The molecular formula is C14H23FN2O2S. The number of halogens is 1. The summed E-state index contributed by atoms with van der Waals surface area (Å²) >= 11 is 0. The molecule has 20 heavy (non-hydrogen) atoms. The fourth-order valence-corrected chi connectivity index (χ4v) is 2.72. The minimum Gasteiger partial charge on any atom is -0.308 e. The van der Waals surface area contributed by atoms with E-state index in [1.807, 2.05) is 27.7 Å². The maximum Gasteiger partial charge on any atom is 0.240 e. The molecule has 0 saturated heterocycles. The van der Waals surface area contributed by atoms with Gasteiger partial charge >= 0.3 is 0 Å². The molecule has 0 aliphatic heterocycles. The van der Waals surface area contributed by atoms with Crippen LogP contribution in [0.5, 0.6) is 0 Å². The van der Waals surface area contributed by atoms with Gasteiger partial charge in [0.1, 0.15) is 5.82 Å². The van der Waals surface area contributed by atoms with Crippen molar-refractivity contribution >= 4 is 10.0 Å². The third-order valence-electron chi connectivity index (χ3n) is 2.68. The molecule has 6 heteroatoms. The quantitative estimate of drug-likeness (QED) is 0.848. The van der Waals surface area contributed by atoms with Crippen molar-refractivity contribution in [2.75, 3.05) is 6.54 Å². The van der Waals surface area contributed by atoms with E-state index >= 15 is 0 Å². The average molecular weight is 302 g/mol. The molecule has 114 valence electrons. The van der Waals surface area contributed by atoms with Gasteiger partial charge in [-0.2, -0.15) is 0 Å². The second-order valence-corrected chi connectivity index (χ2v) is 7.52. The van der Waals surface area contributed by atoms with E-state index in [2.05, 4.69) is 10.0 Å². The summed E-state index contributed by atoms with van der Waals surface area (Å²) in [6.07, 6.45) is 0.707. The molecule has 0 aromatic heterocycles. The SMILES string of the molecule is CCCNS(=O)(=O)c1ccc(F)c(CNC(C)(C)C)c1. The molecule has 0 amide bonds. The van der Waals surface area contributed by atoms with Gasteiger partial charge in [0.25, 0.3) is 0 Å². The van der Waals surface area contributed by atoms with Gasteiger partial charge in [-0.3, -0.25) is 0 Å². The zero-order valence-corrected chi connectivity index (χ0v) is 13.3. The normalized spacial score (nSPS) is 12.7. The molecule has 0 spiro atoms. The number of rotatable bonds is 6. The molecule has 2 N–H and O–H groups in total. The van der Waals surface area contributed by atoms with Crippen molar-refractivity contribution < 1.29 is 12.8 Å². The zero-order chi connectivity index (χ0) is 15.4. The fraction of sp³-hybridized carbons (Fsp3) is 0.571. The summed E-state index contributed by atoms with van der Waals surface area (Å²) in [7, 11) is -3.56. The summed E-state index contributed by atoms with van der Waals surface area (Å²) in [5, 5.41) is 3.15. The summed E-state index contributed by atoms with van der Waals surface area (Å²) in [4.78, 5) is 0.0954. The van der Waals surface area contributed by atoms with Gasteiger partial charge in [-0.25, -0.2) is 17.5 Å². The molecule has 0 bridgehead atoms. The maximum absolute atomic E-state index is 13.7. The van der Waals surface area contributed by atoms with Gasteiger partial charge in [0.05, 0.1) is 4.90 Å². The Kier molecular flexibility index (Phi) is 5.68. The molecule has 0 aliphatic rings. The Morgan fingerprint density at radius 3 is 2.45 bits per heavy atom. The molecule has 4 nitrogen and oxygen atoms in total. The number of benzene rings is 1. The van der Waals surface area contributed by atoms with Crippen molar-refractivity contribution in [2.24, 2.45) is 0 Å². The maximum atomic E-state index is 13.7. The minimum absolute atomic E-state index is 0.0954. The van der Waals surface area contributed by atoms with Crippen LogP contribution >= 0.6 is 0 Å². The van der Waals surface area contributed by atoms with E-state index in [1.165, 1.54) is 18.2 Å². The Labute approximate surface area is 120 Å². The summed E-state index contributed by atoms with van der Waals surface area (Å²) < 4.78 is 40.2. The summed E-state index contributed by atoms with van der Waals surface area (Å²) in [6.45, 7) is 8.44. The van der Waals surface area contributed by atoms with Gasteiger partial charge in [-0.05, 0) is 45.4 Å². The smallest absolute Gasteiger partial charge is 0.240 e. The van der Waals surface area contributed by atoms with E-state index in [0.29, 0.717) is 18.5 Å². The van der Waals surface area contributed by atoms with Crippen LogP contribution in [-0.2, 0) is 16.6 Å². The van der Waals surface area contributed by atoms with Gasteiger partial charge in [0.2, 0.25) is 10.0 Å². The predicted molar refractivity (Wildman–Crippen MR) is 78.5 cm³/mol. The van der Waals surface area contributed by atoms with Crippen LogP contribution in [0.25, 0.3) is 0 Å². The average Bonchev–Trinajstić information content (AvgIpc) is 2.34. The van der Waals surface area contributed by atoms with Crippen molar-refractivity contribution in [1.82, 2.24) is 10.0 Å². The van der Waals surface area contributed by atoms with Crippen molar-refractivity contribution in [3.8, 4) is 0 Å². The number of sulfonamides is 1. The van der Waals surface area contributed by atoms with Crippen LogP contribution in [-0.4, -0.2) is 20.5 Å². The molecule has 0 radical (unpaired) electrons. The van der Waals surface area contributed by atoms with E-state index < -0.39 is 15.8 Å². The number of hydrogen-bond donors (Lipinski definition) is 2. The van der Waals surface area contributed by atoms with E-state index in [9.17, 15) is 12.8 Å². The van der Waals surface area contributed by atoms with Crippen molar-refractivity contribution in [1.29, 1.82) is 0 Å². The van der Waals surface area contributed by atoms with E-state index in [4.69, 9.17) is 0 Å². The van der Waals surface area contributed by atoms with Crippen LogP contribution in [0, 0.1) is 5.82 Å². The van der Waals surface area contributed by atoms with E-state index in [1.54, 1.807) is 0 Å². The van der Waals surface area contributed by atoms with Crippen LogP contribution in [0.3, 0.4) is 0 Å². The first kappa shape index (κ1) is 17.1. The highest BCUT2D eigenvalue weighted by Gasteiger charge is 2.16. The lowest BCUT2D eigenvalue weighted by Gasteiger charge is -2.21. The van der Waals surface area contributed by atoms with Crippen LogP contribution in [0.2, 0.25) is 0 Å². The minimum atomic E-state index is -3.56. The first-order valence-electron chi connectivity index (χ1n) is 6.69. The van der Waals surface area contributed by atoms with Crippen molar-refractivity contribution in [2.45, 2.75) is 51.1 Å². The molecule has 1 aromatic rings. The zero-order valence-electron chi connectivity index (χ0n) is 12.5.